The maximum absolute atomic E-state index is 13.2. The maximum atomic E-state index is 13.2. The van der Waals surface area contributed by atoms with Gasteiger partial charge in [0, 0.05) is 24.0 Å². The topological polar surface area (TPSA) is 125 Å². The van der Waals surface area contributed by atoms with Crippen molar-refractivity contribution in [2.24, 2.45) is 0 Å². The van der Waals surface area contributed by atoms with Crippen molar-refractivity contribution in [2.45, 2.75) is 32.0 Å². The van der Waals surface area contributed by atoms with Crippen LogP contribution >= 0.6 is 0 Å². The Balaban J connectivity index is 1.44. The summed E-state index contributed by atoms with van der Waals surface area (Å²) in [6.45, 7) is 3.80. The summed E-state index contributed by atoms with van der Waals surface area (Å²) in [5.74, 6) is -0.204. The highest BCUT2D eigenvalue weighted by Gasteiger charge is 2.37. The van der Waals surface area contributed by atoms with E-state index >= 15 is 0 Å². The van der Waals surface area contributed by atoms with Crippen molar-refractivity contribution < 1.29 is 19.4 Å². The molecule has 1 aliphatic rings. The van der Waals surface area contributed by atoms with Crippen molar-refractivity contribution in [3.63, 3.8) is 0 Å². The molecule has 9 heteroatoms. The predicted molar refractivity (Wildman–Crippen MR) is 148 cm³/mol. The molecule has 0 saturated carbocycles. The highest BCUT2D eigenvalue weighted by atomic mass is 16.6. The third-order valence-corrected chi connectivity index (χ3v) is 6.52. The van der Waals surface area contributed by atoms with E-state index in [9.17, 15) is 14.7 Å². The number of esters is 1. The van der Waals surface area contributed by atoms with Crippen LogP contribution in [0, 0.1) is 0 Å². The first-order chi connectivity index (χ1) is 18.8. The molecule has 4 aromatic rings. The van der Waals surface area contributed by atoms with Gasteiger partial charge < -0.3 is 25.8 Å². The van der Waals surface area contributed by atoms with Crippen LogP contribution in [0.3, 0.4) is 0 Å². The number of nitrogens with zero attached hydrogens (tertiary/aromatic N) is 2. The van der Waals surface area contributed by atoms with Crippen molar-refractivity contribution >= 4 is 29.3 Å². The highest BCUT2D eigenvalue weighted by molar-refractivity contribution is 5.99. The Morgan fingerprint density at radius 1 is 1.03 bits per heavy atom. The molecule has 0 spiro atoms. The van der Waals surface area contributed by atoms with Gasteiger partial charge in [0.2, 0.25) is 5.95 Å². The van der Waals surface area contributed by atoms with Crippen molar-refractivity contribution in [3.05, 3.63) is 113 Å². The zero-order valence-electron chi connectivity index (χ0n) is 21.6. The smallest absolute Gasteiger partial charge is 0.339 e. The van der Waals surface area contributed by atoms with Crippen LogP contribution in [0.2, 0.25) is 0 Å². The van der Waals surface area contributed by atoms with Gasteiger partial charge in [0.1, 0.15) is 17.0 Å². The van der Waals surface area contributed by atoms with Crippen LogP contribution in [-0.4, -0.2) is 33.6 Å². The number of hydrogen-bond donors (Lipinski definition) is 4. The largest absolute Gasteiger partial charge is 0.451 e. The van der Waals surface area contributed by atoms with E-state index in [2.05, 4.69) is 25.9 Å². The zero-order chi connectivity index (χ0) is 27.4. The first-order valence-corrected chi connectivity index (χ1v) is 12.6. The van der Waals surface area contributed by atoms with Crippen molar-refractivity contribution in [1.82, 2.24) is 15.3 Å². The molecule has 3 aromatic carbocycles. The third-order valence-electron chi connectivity index (χ3n) is 6.52. The van der Waals surface area contributed by atoms with Crippen LogP contribution in [0.4, 0.5) is 17.5 Å². The second kappa shape index (κ2) is 10.9. The number of fused-ring (bicyclic) bond motifs is 1. The number of ether oxygens (including phenoxy) is 1. The van der Waals surface area contributed by atoms with E-state index in [1.54, 1.807) is 12.1 Å². The fraction of sp³-hybridized carbons (Fsp3) is 0.200. The molecule has 5 rings (SSSR count). The average molecular weight is 524 g/mol. The van der Waals surface area contributed by atoms with Crippen LogP contribution in [0.25, 0.3) is 0 Å². The van der Waals surface area contributed by atoms with Gasteiger partial charge in [0.15, 0.2) is 0 Å². The quantitative estimate of drug-likeness (QED) is 0.233. The molecular formula is C30H29N5O4. The van der Waals surface area contributed by atoms with Crippen LogP contribution in [0.1, 0.15) is 57.3 Å². The number of nitrogens with one attached hydrogen (secondary N) is 3. The molecule has 1 aliphatic heterocycles. The van der Waals surface area contributed by atoms with Gasteiger partial charge in [-0.25, -0.2) is 9.78 Å². The third kappa shape index (κ3) is 5.73. The Bertz CT molecular complexity index is 1490. The van der Waals surface area contributed by atoms with Gasteiger partial charge in [-0.15, -0.1) is 0 Å². The molecule has 39 heavy (non-hydrogen) atoms. The van der Waals surface area contributed by atoms with E-state index in [0.717, 1.165) is 16.7 Å². The molecule has 2 heterocycles. The van der Waals surface area contributed by atoms with E-state index in [-0.39, 0.29) is 35.8 Å². The normalized spacial score (nSPS) is 14.2. The molecule has 0 fully saturated rings. The molecular weight excluding hydrogens is 494 g/mol. The van der Waals surface area contributed by atoms with E-state index in [1.165, 1.54) is 6.20 Å². The Hall–Kier alpha value is -4.76. The lowest BCUT2D eigenvalue weighted by molar-refractivity contribution is 0.00953. The van der Waals surface area contributed by atoms with Gasteiger partial charge in [-0.1, -0.05) is 60.7 Å². The van der Waals surface area contributed by atoms with E-state index in [1.807, 2.05) is 80.6 Å². The summed E-state index contributed by atoms with van der Waals surface area (Å²) in [6, 6.07) is 23.8. The monoisotopic (exact) mass is 523 g/mol. The molecule has 1 atom stereocenters. The SMILES string of the molecule is CC1(C)OC(=O)c2ccc(Nc3ncc(C(=O)NCc4ccccc4)c(NC(CO)c4ccccc4)n3)cc21. The second-order valence-corrected chi connectivity index (χ2v) is 9.70. The maximum Gasteiger partial charge on any atom is 0.339 e. The molecule has 198 valence electrons. The summed E-state index contributed by atoms with van der Waals surface area (Å²) in [6.07, 6.45) is 1.45. The van der Waals surface area contributed by atoms with Crippen LogP contribution < -0.4 is 16.0 Å². The van der Waals surface area contributed by atoms with E-state index in [0.29, 0.717) is 17.8 Å². The summed E-state index contributed by atoms with van der Waals surface area (Å²) in [5.41, 5.74) is 3.23. The van der Waals surface area contributed by atoms with Crippen molar-refractivity contribution in [2.75, 3.05) is 17.2 Å². The number of hydrogen-bond acceptors (Lipinski definition) is 8. The first-order valence-electron chi connectivity index (χ1n) is 12.6. The molecule has 0 aliphatic carbocycles. The first kappa shape index (κ1) is 25.9. The van der Waals surface area contributed by atoms with Gasteiger partial charge in [0.25, 0.3) is 5.91 Å². The van der Waals surface area contributed by atoms with Gasteiger partial charge in [0.05, 0.1) is 18.2 Å². The molecule has 0 radical (unpaired) electrons. The summed E-state index contributed by atoms with van der Waals surface area (Å²) in [5, 5.41) is 19.4. The number of aliphatic hydroxyl groups excluding tert-OH is 1. The van der Waals surface area contributed by atoms with E-state index in [4.69, 9.17) is 4.74 Å². The molecule has 1 aromatic heterocycles. The molecule has 9 nitrogen and oxygen atoms in total. The minimum atomic E-state index is -0.748. The fourth-order valence-corrected chi connectivity index (χ4v) is 4.45. The summed E-state index contributed by atoms with van der Waals surface area (Å²) < 4.78 is 5.46. The Kier molecular flexibility index (Phi) is 7.25. The lowest BCUT2D eigenvalue weighted by atomic mass is 9.95. The van der Waals surface area contributed by atoms with Crippen LogP contribution in [0.5, 0.6) is 0 Å². The number of benzene rings is 3. The summed E-state index contributed by atoms with van der Waals surface area (Å²) in [4.78, 5) is 34.3. The Labute approximate surface area is 226 Å². The molecule has 4 N–H and O–H groups in total. The molecule has 0 bridgehead atoms. The number of carbonyl (C=O) groups excluding carboxylic acids is 2. The van der Waals surface area contributed by atoms with Crippen molar-refractivity contribution in [1.29, 1.82) is 0 Å². The molecule has 1 unspecified atom stereocenters. The number of rotatable bonds is 9. The number of anilines is 3. The summed E-state index contributed by atoms with van der Waals surface area (Å²) >= 11 is 0. The number of aromatic nitrogens is 2. The molecule has 0 saturated heterocycles. The number of amides is 1. The number of cyclic esters (lactones) is 1. The van der Waals surface area contributed by atoms with Gasteiger partial charge in [-0.2, -0.15) is 4.98 Å². The summed E-state index contributed by atoms with van der Waals surface area (Å²) in [7, 11) is 0. The number of carbonyl (C=O) groups is 2. The van der Waals surface area contributed by atoms with Gasteiger partial charge in [-0.05, 0) is 43.2 Å². The lowest BCUT2D eigenvalue weighted by Crippen LogP contribution is -2.26. The van der Waals surface area contributed by atoms with Crippen LogP contribution in [-0.2, 0) is 16.9 Å². The standard InChI is InChI=1S/C30H29N5O4/c1-30(2)24-15-21(13-14-22(24)28(38)39-30)33-29-32-17-23(27(37)31-16-19-9-5-3-6-10-19)26(35-29)34-25(18-36)20-11-7-4-8-12-20/h3-15,17,25,36H,16,18H2,1-2H3,(H,31,37)(H2,32,33,34,35). The minimum Gasteiger partial charge on any atom is -0.451 e. The lowest BCUT2D eigenvalue weighted by Gasteiger charge is -2.20. The number of aliphatic hydroxyl groups is 1. The fourth-order valence-electron chi connectivity index (χ4n) is 4.45. The highest BCUT2D eigenvalue weighted by Crippen LogP contribution is 2.37. The minimum absolute atomic E-state index is 0.213. The van der Waals surface area contributed by atoms with Crippen LogP contribution in [0.15, 0.2) is 85.1 Å². The Morgan fingerprint density at radius 3 is 2.46 bits per heavy atom. The Morgan fingerprint density at radius 2 is 1.74 bits per heavy atom. The van der Waals surface area contributed by atoms with Gasteiger partial charge >= 0.3 is 5.97 Å². The van der Waals surface area contributed by atoms with Gasteiger partial charge in [-0.3, -0.25) is 4.79 Å². The van der Waals surface area contributed by atoms with Crippen molar-refractivity contribution in [3.8, 4) is 0 Å². The zero-order valence-corrected chi connectivity index (χ0v) is 21.6. The van der Waals surface area contributed by atoms with E-state index < -0.39 is 11.6 Å². The average Bonchev–Trinajstić information content (AvgIpc) is 3.18. The predicted octanol–water partition coefficient (Wildman–Crippen LogP) is 4.70. The molecule has 1 amide bonds. The second-order valence-electron chi connectivity index (χ2n) is 9.70.